The molecular formula is C9H8F3NO. The first-order valence-electron chi connectivity index (χ1n) is 4.25. The molecule has 1 aliphatic rings. The van der Waals surface area contributed by atoms with Gasteiger partial charge in [0.15, 0.2) is 0 Å². The number of rotatable bonds is 1. The second-order valence-corrected chi connectivity index (χ2v) is 3.37. The highest BCUT2D eigenvalue weighted by Gasteiger charge is 2.35. The largest absolute Gasteiger partial charge is 0.506 e. The Balaban J connectivity index is 2.40. The Kier molecular flexibility index (Phi) is 1.90. The number of pyridine rings is 1. The molecule has 1 heterocycles. The summed E-state index contributed by atoms with van der Waals surface area (Å²) in [6.07, 6.45) is -2.82. The van der Waals surface area contributed by atoms with Gasteiger partial charge in [-0.3, -0.25) is 0 Å². The van der Waals surface area contributed by atoms with Gasteiger partial charge in [0.05, 0.1) is 5.69 Å². The van der Waals surface area contributed by atoms with Crippen molar-refractivity contribution in [3.63, 3.8) is 0 Å². The van der Waals surface area contributed by atoms with Crippen molar-refractivity contribution in [1.29, 1.82) is 0 Å². The van der Waals surface area contributed by atoms with Crippen molar-refractivity contribution in [3.8, 4) is 5.75 Å². The summed E-state index contributed by atoms with van der Waals surface area (Å²) in [4.78, 5) is 3.43. The maximum absolute atomic E-state index is 12.2. The maximum atomic E-state index is 12.2. The first-order chi connectivity index (χ1) is 6.48. The summed E-state index contributed by atoms with van der Waals surface area (Å²) in [5.74, 6) is -0.127. The number of nitrogens with zero attached hydrogens (tertiary/aromatic N) is 1. The van der Waals surface area contributed by atoms with Gasteiger partial charge >= 0.3 is 6.18 Å². The average molecular weight is 203 g/mol. The molecule has 0 aliphatic heterocycles. The second kappa shape index (κ2) is 2.87. The summed E-state index contributed by atoms with van der Waals surface area (Å²) in [6.45, 7) is 0. The van der Waals surface area contributed by atoms with Gasteiger partial charge < -0.3 is 5.11 Å². The van der Waals surface area contributed by atoms with Gasteiger partial charge in [0.25, 0.3) is 0 Å². The van der Waals surface area contributed by atoms with Crippen molar-refractivity contribution in [2.45, 2.75) is 24.9 Å². The fraction of sp³-hybridized carbons (Fsp3) is 0.444. The highest BCUT2D eigenvalue weighted by molar-refractivity contribution is 5.33. The Hall–Kier alpha value is -1.26. The van der Waals surface area contributed by atoms with E-state index in [1.807, 2.05) is 0 Å². The minimum absolute atomic E-state index is 0.0114. The van der Waals surface area contributed by atoms with E-state index in [1.165, 1.54) is 0 Å². The summed E-state index contributed by atoms with van der Waals surface area (Å²) in [7, 11) is 0. The lowest BCUT2D eigenvalue weighted by molar-refractivity contribution is -0.141. The fourth-order valence-electron chi connectivity index (χ4n) is 1.28. The van der Waals surface area contributed by atoms with Crippen LogP contribution in [0, 0.1) is 0 Å². The van der Waals surface area contributed by atoms with E-state index in [9.17, 15) is 18.3 Å². The standard InChI is InChI=1S/C9H8F3NO/c10-9(11,12)7-4-3-6(14)8(13-7)5-1-2-5/h3-5,14H,1-2H2. The quantitative estimate of drug-likeness (QED) is 0.761. The van der Waals surface area contributed by atoms with Crippen LogP contribution >= 0.6 is 0 Å². The number of hydrogen-bond acceptors (Lipinski definition) is 2. The van der Waals surface area contributed by atoms with Crippen LogP contribution in [0.25, 0.3) is 0 Å². The molecule has 5 heteroatoms. The molecule has 1 aromatic rings. The third-order valence-corrected chi connectivity index (χ3v) is 2.16. The summed E-state index contributed by atoms with van der Waals surface area (Å²) >= 11 is 0. The van der Waals surface area contributed by atoms with Crippen molar-refractivity contribution < 1.29 is 18.3 Å². The van der Waals surface area contributed by atoms with E-state index in [2.05, 4.69) is 4.98 Å². The van der Waals surface area contributed by atoms with Gasteiger partial charge in [-0.1, -0.05) is 0 Å². The van der Waals surface area contributed by atoms with E-state index in [-0.39, 0.29) is 17.4 Å². The van der Waals surface area contributed by atoms with Crippen molar-refractivity contribution in [2.75, 3.05) is 0 Å². The van der Waals surface area contributed by atoms with Gasteiger partial charge in [-0.15, -0.1) is 0 Å². The molecule has 2 nitrogen and oxygen atoms in total. The Morgan fingerprint density at radius 3 is 2.43 bits per heavy atom. The minimum Gasteiger partial charge on any atom is -0.506 e. The van der Waals surface area contributed by atoms with Crippen LogP contribution in [-0.2, 0) is 6.18 Å². The van der Waals surface area contributed by atoms with Gasteiger partial charge in [-0.25, -0.2) is 4.98 Å². The van der Waals surface area contributed by atoms with E-state index in [4.69, 9.17) is 0 Å². The highest BCUT2D eigenvalue weighted by atomic mass is 19.4. The molecule has 0 bridgehead atoms. The monoisotopic (exact) mass is 203 g/mol. The molecule has 76 valence electrons. The molecule has 0 spiro atoms. The normalized spacial score (nSPS) is 17.1. The summed E-state index contributed by atoms with van der Waals surface area (Å²) in [5, 5.41) is 9.28. The predicted molar refractivity (Wildman–Crippen MR) is 42.9 cm³/mol. The topological polar surface area (TPSA) is 33.1 Å². The molecule has 14 heavy (non-hydrogen) atoms. The van der Waals surface area contributed by atoms with Crippen molar-refractivity contribution in [2.24, 2.45) is 0 Å². The van der Waals surface area contributed by atoms with E-state index in [0.29, 0.717) is 0 Å². The van der Waals surface area contributed by atoms with E-state index < -0.39 is 11.9 Å². The summed E-state index contributed by atoms with van der Waals surface area (Å²) in [5.41, 5.74) is -0.753. The number of alkyl halides is 3. The Bertz CT molecular complexity index is 358. The zero-order valence-electron chi connectivity index (χ0n) is 7.17. The van der Waals surface area contributed by atoms with Gasteiger partial charge in [0.2, 0.25) is 0 Å². The maximum Gasteiger partial charge on any atom is 0.433 e. The van der Waals surface area contributed by atoms with E-state index >= 15 is 0 Å². The molecule has 0 unspecified atom stereocenters. The minimum atomic E-state index is -4.43. The Morgan fingerprint density at radius 1 is 1.29 bits per heavy atom. The van der Waals surface area contributed by atoms with Crippen molar-refractivity contribution in [1.82, 2.24) is 4.98 Å². The van der Waals surface area contributed by atoms with Gasteiger partial charge in [0, 0.05) is 5.92 Å². The Labute approximate surface area is 78.4 Å². The number of halogens is 3. The predicted octanol–water partition coefficient (Wildman–Crippen LogP) is 2.68. The summed E-state index contributed by atoms with van der Waals surface area (Å²) < 4.78 is 36.7. The fourth-order valence-corrected chi connectivity index (χ4v) is 1.28. The molecule has 0 aromatic carbocycles. The Morgan fingerprint density at radius 2 is 1.93 bits per heavy atom. The van der Waals surface area contributed by atoms with Crippen molar-refractivity contribution in [3.05, 3.63) is 23.5 Å². The number of aromatic nitrogens is 1. The van der Waals surface area contributed by atoms with Gasteiger partial charge in [0.1, 0.15) is 11.4 Å². The van der Waals surface area contributed by atoms with Crippen LogP contribution < -0.4 is 0 Å². The second-order valence-electron chi connectivity index (χ2n) is 3.37. The van der Waals surface area contributed by atoms with Crippen LogP contribution in [0.3, 0.4) is 0 Å². The zero-order valence-corrected chi connectivity index (χ0v) is 7.17. The van der Waals surface area contributed by atoms with Crippen LogP contribution in [0.1, 0.15) is 30.1 Å². The van der Waals surface area contributed by atoms with Crippen molar-refractivity contribution >= 4 is 0 Å². The lowest BCUT2D eigenvalue weighted by Crippen LogP contribution is -2.08. The first kappa shape index (κ1) is 9.30. The lowest BCUT2D eigenvalue weighted by Gasteiger charge is -2.08. The molecule has 1 saturated carbocycles. The molecule has 0 atom stereocenters. The van der Waals surface area contributed by atoms with Crippen LogP contribution in [0.5, 0.6) is 5.75 Å². The zero-order chi connectivity index (χ0) is 10.3. The smallest absolute Gasteiger partial charge is 0.433 e. The molecule has 1 fully saturated rings. The molecule has 0 amide bonds. The molecule has 0 radical (unpaired) electrons. The highest BCUT2D eigenvalue weighted by Crippen LogP contribution is 2.43. The molecule has 1 N–H and O–H groups in total. The van der Waals surface area contributed by atoms with Crippen LogP contribution in [-0.4, -0.2) is 10.1 Å². The third kappa shape index (κ3) is 1.66. The van der Waals surface area contributed by atoms with E-state index in [0.717, 1.165) is 25.0 Å². The molecule has 1 aromatic heterocycles. The number of hydrogen-bond donors (Lipinski definition) is 1. The molecular weight excluding hydrogens is 195 g/mol. The number of aromatic hydroxyl groups is 1. The SMILES string of the molecule is Oc1ccc(C(F)(F)F)nc1C1CC1. The van der Waals surface area contributed by atoms with Gasteiger partial charge in [-0.2, -0.15) is 13.2 Å². The summed E-state index contributed by atoms with van der Waals surface area (Å²) in [6, 6.07) is 1.85. The van der Waals surface area contributed by atoms with E-state index in [1.54, 1.807) is 0 Å². The van der Waals surface area contributed by atoms with Crippen LogP contribution in [0.4, 0.5) is 13.2 Å². The third-order valence-electron chi connectivity index (χ3n) is 2.16. The first-order valence-corrected chi connectivity index (χ1v) is 4.25. The molecule has 1 aliphatic carbocycles. The molecule has 0 saturated heterocycles. The van der Waals surface area contributed by atoms with Crippen LogP contribution in [0.15, 0.2) is 12.1 Å². The average Bonchev–Trinajstić information content (AvgIpc) is 2.85. The van der Waals surface area contributed by atoms with Crippen LogP contribution in [0.2, 0.25) is 0 Å². The lowest BCUT2D eigenvalue weighted by atomic mass is 10.2. The van der Waals surface area contributed by atoms with Gasteiger partial charge in [-0.05, 0) is 25.0 Å². The molecule has 2 rings (SSSR count).